The summed E-state index contributed by atoms with van der Waals surface area (Å²) in [5, 5.41) is 14.0. The number of hydrogen-bond donors (Lipinski definition) is 3. The number of hydrogen-bond acceptors (Lipinski definition) is 4. The van der Waals surface area contributed by atoms with Crippen LogP contribution in [0.2, 0.25) is 0 Å². The van der Waals surface area contributed by atoms with Gasteiger partial charge in [-0.15, -0.1) is 0 Å². The molecule has 0 saturated heterocycles. The second-order valence-electron chi connectivity index (χ2n) is 5.19. The van der Waals surface area contributed by atoms with Gasteiger partial charge in [-0.3, -0.25) is 14.6 Å². The fraction of sp³-hybridized carbons (Fsp3) is 0.385. The molecule has 1 rings (SSSR count). The highest BCUT2D eigenvalue weighted by molar-refractivity contribution is 6.04. The normalized spacial score (nSPS) is 10.8. The molecule has 2 amide bonds. The number of aromatic carboxylic acids is 1. The second-order valence-corrected chi connectivity index (χ2v) is 5.19. The molecule has 1 heterocycles. The Morgan fingerprint density at radius 1 is 1.30 bits per heavy atom. The van der Waals surface area contributed by atoms with Crippen LogP contribution in [0.5, 0.6) is 0 Å². The molecule has 1 aromatic rings. The van der Waals surface area contributed by atoms with Crippen LogP contribution in [0.1, 0.15) is 41.6 Å². The molecule has 0 spiro atoms. The summed E-state index contributed by atoms with van der Waals surface area (Å²) in [7, 11) is 0. The van der Waals surface area contributed by atoms with Gasteiger partial charge in [-0.25, -0.2) is 4.79 Å². The van der Waals surface area contributed by atoms with E-state index in [-0.39, 0.29) is 23.7 Å². The second kappa shape index (κ2) is 6.14. The molecule has 108 valence electrons. The number of carboxylic acids is 1. The summed E-state index contributed by atoms with van der Waals surface area (Å²) in [6.07, 6.45) is 1.32. The highest BCUT2D eigenvalue weighted by Gasteiger charge is 2.19. The van der Waals surface area contributed by atoms with Gasteiger partial charge in [0.2, 0.25) is 5.91 Å². The highest BCUT2D eigenvalue weighted by atomic mass is 16.4. The van der Waals surface area contributed by atoms with Crippen LogP contribution in [-0.2, 0) is 4.79 Å². The van der Waals surface area contributed by atoms with Gasteiger partial charge in [-0.05, 0) is 32.9 Å². The molecule has 0 aromatic carbocycles. The standard InChI is InChI=1S/C13H17N3O4/c1-13(2,3)16-9(17)7-15-11(18)10-8(12(19)20)5-4-6-14-10/h4-6H,7H2,1-3H3,(H,15,18)(H,16,17)(H,19,20). The van der Waals surface area contributed by atoms with E-state index in [9.17, 15) is 14.4 Å². The first-order valence-corrected chi connectivity index (χ1v) is 5.98. The monoisotopic (exact) mass is 279 g/mol. The Bertz CT molecular complexity index is 535. The first kappa shape index (κ1) is 15.6. The van der Waals surface area contributed by atoms with Crippen molar-refractivity contribution in [2.45, 2.75) is 26.3 Å². The Hall–Kier alpha value is -2.44. The first-order chi connectivity index (χ1) is 9.20. The fourth-order valence-corrected chi connectivity index (χ4v) is 1.47. The van der Waals surface area contributed by atoms with E-state index < -0.39 is 17.4 Å². The van der Waals surface area contributed by atoms with Crippen molar-refractivity contribution in [1.82, 2.24) is 15.6 Å². The number of pyridine rings is 1. The Labute approximate surface area is 116 Å². The van der Waals surface area contributed by atoms with Crippen LogP contribution in [-0.4, -0.2) is 40.0 Å². The van der Waals surface area contributed by atoms with Crippen molar-refractivity contribution in [2.24, 2.45) is 0 Å². The van der Waals surface area contributed by atoms with Gasteiger partial charge in [-0.1, -0.05) is 0 Å². The fourth-order valence-electron chi connectivity index (χ4n) is 1.47. The lowest BCUT2D eigenvalue weighted by molar-refractivity contribution is -0.121. The van der Waals surface area contributed by atoms with Crippen molar-refractivity contribution in [3.05, 3.63) is 29.6 Å². The minimum absolute atomic E-state index is 0.207. The van der Waals surface area contributed by atoms with Gasteiger partial charge >= 0.3 is 5.97 Å². The highest BCUT2D eigenvalue weighted by Crippen LogP contribution is 2.05. The minimum Gasteiger partial charge on any atom is -0.478 e. The number of rotatable bonds is 4. The van der Waals surface area contributed by atoms with Crippen LogP contribution < -0.4 is 10.6 Å². The summed E-state index contributed by atoms with van der Waals surface area (Å²) in [4.78, 5) is 38.1. The maximum absolute atomic E-state index is 11.8. The van der Waals surface area contributed by atoms with E-state index in [0.29, 0.717) is 0 Å². The van der Waals surface area contributed by atoms with Crippen molar-refractivity contribution in [3.63, 3.8) is 0 Å². The van der Waals surface area contributed by atoms with E-state index >= 15 is 0 Å². The maximum Gasteiger partial charge on any atom is 0.338 e. The molecular weight excluding hydrogens is 262 g/mol. The molecule has 20 heavy (non-hydrogen) atoms. The smallest absolute Gasteiger partial charge is 0.338 e. The quantitative estimate of drug-likeness (QED) is 0.740. The molecule has 0 fully saturated rings. The zero-order chi connectivity index (χ0) is 15.3. The minimum atomic E-state index is -1.25. The molecule has 0 radical (unpaired) electrons. The van der Waals surface area contributed by atoms with Crippen LogP contribution in [0.3, 0.4) is 0 Å². The van der Waals surface area contributed by atoms with Gasteiger partial charge in [0.1, 0.15) is 5.69 Å². The topological polar surface area (TPSA) is 108 Å². The number of carbonyl (C=O) groups is 3. The zero-order valence-electron chi connectivity index (χ0n) is 11.6. The number of amides is 2. The summed E-state index contributed by atoms with van der Waals surface area (Å²) in [5.41, 5.74) is -0.830. The number of nitrogens with one attached hydrogen (secondary N) is 2. The van der Waals surface area contributed by atoms with E-state index in [4.69, 9.17) is 5.11 Å². The van der Waals surface area contributed by atoms with Gasteiger partial charge in [0, 0.05) is 11.7 Å². The van der Waals surface area contributed by atoms with Crippen LogP contribution in [0, 0.1) is 0 Å². The molecule has 0 bridgehead atoms. The van der Waals surface area contributed by atoms with Crippen molar-refractivity contribution < 1.29 is 19.5 Å². The average Bonchev–Trinajstić information content (AvgIpc) is 2.33. The third-order valence-corrected chi connectivity index (χ3v) is 2.18. The van der Waals surface area contributed by atoms with Gasteiger partial charge in [-0.2, -0.15) is 0 Å². The molecule has 0 atom stereocenters. The predicted octanol–water partition coefficient (Wildman–Crippen LogP) is 0.424. The Balaban J connectivity index is 2.69. The summed E-state index contributed by atoms with van der Waals surface area (Å²) >= 11 is 0. The third-order valence-electron chi connectivity index (χ3n) is 2.18. The Kier molecular flexibility index (Phi) is 4.79. The van der Waals surface area contributed by atoms with Crippen molar-refractivity contribution in [2.75, 3.05) is 6.54 Å². The first-order valence-electron chi connectivity index (χ1n) is 5.98. The van der Waals surface area contributed by atoms with Crippen LogP contribution in [0.25, 0.3) is 0 Å². The third kappa shape index (κ3) is 4.68. The molecule has 1 aromatic heterocycles. The lowest BCUT2D eigenvalue weighted by Crippen LogP contribution is -2.46. The number of nitrogens with zero attached hydrogens (tertiary/aromatic N) is 1. The molecule has 0 aliphatic carbocycles. The molecular formula is C13H17N3O4. The van der Waals surface area contributed by atoms with Gasteiger partial charge in [0.05, 0.1) is 12.1 Å². The summed E-state index contributed by atoms with van der Waals surface area (Å²) < 4.78 is 0. The van der Waals surface area contributed by atoms with Gasteiger partial charge < -0.3 is 15.7 Å². The van der Waals surface area contributed by atoms with E-state index in [0.717, 1.165) is 0 Å². The van der Waals surface area contributed by atoms with E-state index in [2.05, 4.69) is 15.6 Å². The molecule has 0 aliphatic heterocycles. The number of carboxylic acid groups (broad SMARTS) is 1. The zero-order valence-corrected chi connectivity index (χ0v) is 11.6. The van der Waals surface area contributed by atoms with E-state index in [1.54, 1.807) is 0 Å². The van der Waals surface area contributed by atoms with Crippen LogP contribution in [0.15, 0.2) is 18.3 Å². The van der Waals surface area contributed by atoms with E-state index in [1.165, 1.54) is 18.3 Å². The molecule has 0 saturated carbocycles. The molecule has 0 aliphatic rings. The molecule has 7 heteroatoms. The summed E-state index contributed by atoms with van der Waals surface area (Å²) in [6.45, 7) is 5.20. The molecule has 3 N–H and O–H groups in total. The molecule has 0 unspecified atom stereocenters. The van der Waals surface area contributed by atoms with Crippen molar-refractivity contribution in [3.8, 4) is 0 Å². The summed E-state index contributed by atoms with van der Waals surface area (Å²) in [5.74, 6) is -2.31. The van der Waals surface area contributed by atoms with E-state index in [1.807, 2.05) is 20.8 Å². The van der Waals surface area contributed by atoms with Crippen LogP contribution >= 0.6 is 0 Å². The molecule has 7 nitrogen and oxygen atoms in total. The largest absolute Gasteiger partial charge is 0.478 e. The number of carbonyl (C=O) groups excluding carboxylic acids is 2. The SMILES string of the molecule is CC(C)(C)NC(=O)CNC(=O)c1ncccc1C(=O)O. The lowest BCUT2D eigenvalue weighted by atomic mass is 10.1. The Morgan fingerprint density at radius 3 is 2.50 bits per heavy atom. The number of aromatic nitrogens is 1. The lowest BCUT2D eigenvalue weighted by Gasteiger charge is -2.20. The van der Waals surface area contributed by atoms with Crippen molar-refractivity contribution in [1.29, 1.82) is 0 Å². The van der Waals surface area contributed by atoms with Crippen LogP contribution in [0.4, 0.5) is 0 Å². The van der Waals surface area contributed by atoms with Crippen molar-refractivity contribution >= 4 is 17.8 Å². The van der Waals surface area contributed by atoms with Gasteiger partial charge in [0.25, 0.3) is 5.91 Å². The summed E-state index contributed by atoms with van der Waals surface area (Å²) in [6, 6.07) is 2.70. The Morgan fingerprint density at radius 2 is 1.95 bits per heavy atom. The average molecular weight is 279 g/mol. The maximum atomic E-state index is 11.8. The van der Waals surface area contributed by atoms with Gasteiger partial charge in [0.15, 0.2) is 0 Å². The predicted molar refractivity (Wildman–Crippen MR) is 71.4 cm³/mol.